The molecule has 1 aliphatic rings. The molecule has 148 valence electrons. The summed E-state index contributed by atoms with van der Waals surface area (Å²) in [7, 11) is 0. The number of fused-ring (bicyclic) bond motifs is 1. The van der Waals surface area contributed by atoms with Gasteiger partial charge in [-0.15, -0.1) is 0 Å². The van der Waals surface area contributed by atoms with E-state index in [0.29, 0.717) is 35.9 Å². The number of ether oxygens (including phenoxy) is 1. The lowest BCUT2D eigenvalue weighted by Crippen LogP contribution is -2.48. The molecule has 2 heterocycles. The summed E-state index contributed by atoms with van der Waals surface area (Å²) in [5.74, 6) is -2.22. The van der Waals surface area contributed by atoms with Gasteiger partial charge in [0.15, 0.2) is 0 Å². The van der Waals surface area contributed by atoms with Gasteiger partial charge < -0.3 is 15.0 Å². The minimum atomic E-state index is -0.776. The monoisotopic (exact) mass is 386 g/mol. The van der Waals surface area contributed by atoms with Crippen LogP contribution in [0.25, 0.3) is 10.8 Å². The summed E-state index contributed by atoms with van der Waals surface area (Å²) in [5.41, 5.74) is 0.138. The average Bonchev–Trinajstić information content (AvgIpc) is 2.73. The molecule has 2 aromatic rings. The van der Waals surface area contributed by atoms with Gasteiger partial charge in [0.2, 0.25) is 0 Å². The Bertz CT molecular complexity index is 955. The number of hydrogen-bond donors (Lipinski definition) is 2. The number of likely N-dealkylation sites (tertiary alicyclic amines) is 1. The Morgan fingerprint density at radius 1 is 1.29 bits per heavy atom. The number of hydrogen-bond acceptors (Lipinski definition) is 6. The van der Waals surface area contributed by atoms with Crippen LogP contribution in [0.3, 0.4) is 0 Å². The van der Waals surface area contributed by atoms with Gasteiger partial charge in [0.25, 0.3) is 5.56 Å². The fourth-order valence-corrected chi connectivity index (χ4v) is 3.30. The number of carbonyl (C=O) groups is 3. The molecular weight excluding hydrogens is 364 g/mol. The van der Waals surface area contributed by atoms with E-state index in [1.807, 2.05) is 0 Å². The van der Waals surface area contributed by atoms with E-state index in [-0.39, 0.29) is 31.2 Å². The van der Waals surface area contributed by atoms with Gasteiger partial charge in [0.05, 0.1) is 30.1 Å². The molecule has 0 aliphatic carbocycles. The van der Waals surface area contributed by atoms with E-state index in [1.165, 1.54) is 4.90 Å². The van der Waals surface area contributed by atoms with Crippen LogP contribution >= 0.6 is 0 Å². The zero-order valence-corrected chi connectivity index (χ0v) is 15.6. The highest BCUT2D eigenvalue weighted by Gasteiger charge is 2.31. The van der Waals surface area contributed by atoms with Gasteiger partial charge in [0.1, 0.15) is 0 Å². The molecule has 0 spiro atoms. The molecule has 0 bridgehead atoms. The highest BCUT2D eigenvalue weighted by molar-refractivity contribution is 6.35. The quantitative estimate of drug-likeness (QED) is 0.577. The topological polar surface area (TPSA) is 121 Å². The molecule has 9 heteroatoms. The number of carbonyl (C=O) groups excluding carboxylic acids is 3. The number of piperidine rings is 1. The predicted octanol–water partition coefficient (Wildman–Crippen LogP) is 0.341. The smallest absolute Gasteiger partial charge is 0.311 e. The van der Waals surface area contributed by atoms with Gasteiger partial charge in [-0.1, -0.05) is 18.2 Å². The van der Waals surface area contributed by atoms with Crippen LogP contribution in [0.15, 0.2) is 29.1 Å². The molecule has 1 saturated heterocycles. The summed E-state index contributed by atoms with van der Waals surface area (Å²) in [4.78, 5) is 49.8. The Morgan fingerprint density at radius 3 is 2.79 bits per heavy atom. The highest BCUT2D eigenvalue weighted by atomic mass is 16.5. The van der Waals surface area contributed by atoms with E-state index in [4.69, 9.17) is 4.74 Å². The number of nitrogens with zero attached hydrogens (tertiary/aromatic N) is 2. The lowest BCUT2D eigenvalue weighted by molar-refractivity contribution is -0.154. The molecular formula is C19H22N4O5. The van der Waals surface area contributed by atoms with E-state index in [1.54, 1.807) is 31.2 Å². The summed E-state index contributed by atoms with van der Waals surface area (Å²) in [6.45, 7) is 2.60. The number of aromatic amines is 1. The van der Waals surface area contributed by atoms with Gasteiger partial charge >= 0.3 is 17.8 Å². The fourth-order valence-electron chi connectivity index (χ4n) is 3.30. The number of rotatable bonds is 4. The van der Waals surface area contributed by atoms with Gasteiger partial charge in [0, 0.05) is 18.5 Å². The van der Waals surface area contributed by atoms with Crippen LogP contribution in [-0.2, 0) is 25.7 Å². The number of amides is 2. The van der Waals surface area contributed by atoms with Crippen molar-refractivity contribution in [2.45, 2.75) is 26.3 Å². The van der Waals surface area contributed by atoms with Crippen molar-refractivity contribution < 1.29 is 19.1 Å². The number of nitrogens with one attached hydrogen (secondary N) is 2. The molecule has 1 aromatic heterocycles. The van der Waals surface area contributed by atoms with Crippen molar-refractivity contribution in [2.24, 2.45) is 5.92 Å². The van der Waals surface area contributed by atoms with Crippen LogP contribution in [-0.4, -0.2) is 52.6 Å². The first kappa shape index (κ1) is 19.5. The van der Waals surface area contributed by atoms with E-state index in [9.17, 15) is 19.2 Å². The Kier molecular flexibility index (Phi) is 6.03. The van der Waals surface area contributed by atoms with Crippen LogP contribution in [0.5, 0.6) is 0 Å². The lowest BCUT2D eigenvalue weighted by atomic mass is 9.98. The molecule has 1 aliphatic heterocycles. The second-order valence-corrected chi connectivity index (χ2v) is 6.57. The van der Waals surface area contributed by atoms with E-state index in [2.05, 4.69) is 15.5 Å². The van der Waals surface area contributed by atoms with E-state index < -0.39 is 17.7 Å². The van der Waals surface area contributed by atoms with Crippen molar-refractivity contribution in [2.75, 3.05) is 19.7 Å². The first-order valence-corrected chi connectivity index (χ1v) is 9.21. The van der Waals surface area contributed by atoms with E-state index in [0.717, 1.165) is 0 Å². The lowest BCUT2D eigenvalue weighted by Gasteiger charge is -2.30. The maximum absolute atomic E-state index is 12.4. The normalized spacial score (nSPS) is 16.6. The molecule has 1 fully saturated rings. The molecule has 1 unspecified atom stereocenters. The molecule has 3 rings (SSSR count). The van der Waals surface area contributed by atoms with Crippen molar-refractivity contribution in [1.29, 1.82) is 0 Å². The third-order valence-corrected chi connectivity index (χ3v) is 4.71. The molecule has 0 saturated carbocycles. The summed E-state index contributed by atoms with van der Waals surface area (Å²) in [6, 6.07) is 6.90. The minimum Gasteiger partial charge on any atom is -0.466 e. The second-order valence-electron chi connectivity index (χ2n) is 6.57. The van der Waals surface area contributed by atoms with Crippen molar-refractivity contribution in [3.05, 3.63) is 40.3 Å². The van der Waals surface area contributed by atoms with Crippen LogP contribution in [0.4, 0.5) is 0 Å². The maximum atomic E-state index is 12.4. The highest BCUT2D eigenvalue weighted by Crippen LogP contribution is 2.18. The van der Waals surface area contributed by atoms with Crippen molar-refractivity contribution >= 4 is 28.6 Å². The largest absolute Gasteiger partial charge is 0.466 e. The second kappa shape index (κ2) is 8.64. The molecule has 9 nitrogen and oxygen atoms in total. The van der Waals surface area contributed by atoms with Gasteiger partial charge in [-0.2, -0.15) is 5.10 Å². The SMILES string of the molecule is CCOC(=O)C1CCCN(C(=O)C(=O)NCc2n[nH]c(=O)c3ccccc23)C1. The minimum absolute atomic E-state index is 0.00296. The Hall–Kier alpha value is -3.23. The van der Waals surface area contributed by atoms with Crippen LogP contribution in [0, 0.1) is 5.92 Å². The summed E-state index contributed by atoms with van der Waals surface area (Å²) < 4.78 is 5.01. The molecule has 28 heavy (non-hydrogen) atoms. The first-order chi connectivity index (χ1) is 13.5. The van der Waals surface area contributed by atoms with Gasteiger partial charge in [-0.05, 0) is 25.8 Å². The van der Waals surface area contributed by atoms with Crippen molar-refractivity contribution in [3.8, 4) is 0 Å². The zero-order chi connectivity index (χ0) is 20.1. The fraction of sp³-hybridized carbons (Fsp3) is 0.421. The molecule has 2 amide bonds. The van der Waals surface area contributed by atoms with Gasteiger partial charge in [-0.3, -0.25) is 19.2 Å². The van der Waals surface area contributed by atoms with Crippen LogP contribution in [0.1, 0.15) is 25.5 Å². The zero-order valence-electron chi connectivity index (χ0n) is 15.6. The number of benzene rings is 1. The number of esters is 1. The Labute approximate surface area is 161 Å². The van der Waals surface area contributed by atoms with Crippen LogP contribution < -0.4 is 10.9 Å². The van der Waals surface area contributed by atoms with Crippen molar-refractivity contribution in [3.63, 3.8) is 0 Å². The third kappa shape index (κ3) is 4.19. The van der Waals surface area contributed by atoms with Crippen LogP contribution in [0.2, 0.25) is 0 Å². The number of aromatic nitrogens is 2. The summed E-state index contributed by atoms with van der Waals surface area (Å²) in [6.07, 6.45) is 1.27. The number of H-pyrrole nitrogens is 1. The molecule has 1 atom stereocenters. The molecule has 0 radical (unpaired) electrons. The first-order valence-electron chi connectivity index (χ1n) is 9.21. The van der Waals surface area contributed by atoms with Gasteiger partial charge in [-0.25, -0.2) is 5.10 Å². The molecule has 2 N–H and O–H groups in total. The summed E-state index contributed by atoms with van der Waals surface area (Å²) >= 11 is 0. The molecule has 1 aromatic carbocycles. The average molecular weight is 386 g/mol. The Balaban J connectivity index is 1.64. The van der Waals surface area contributed by atoms with E-state index >= 15 is 0 Å². The standard InChI is InChI=1S/C19H22N4O5/c1-2-28-19(27)12-6-5-9-23(11-12)18(26)17(25)20-10-15-13-7-3-4-8-14(13)16(24)22-21-15/h3-4,7-8,12H,2,5-6,9-11H2,1H3,(H,20,25)(H,22,24). The summed E-state index contributed by atoms with van der Waals surface area (Å²) in [5, 5.41) is 9.97. The third-order valence-electron chi connectivity index (χ3n) is 4.71. The Morgan fingerprint density at radius 2 is 2.04 bits per heavy atom. The predicted molar refractivity (Wildman–Crippen MR) is 100 cm³/mol. The maximum Gasteiger partial charge on any atom is 0.311 e. The van der Waals surface area contributed by atoms with Crippen molar-refractivity contribution in [1.82, 2.24) is 20.4 Å².